The molecule has 1 aliphatic heterocycles. The van der Waals surface area contributed by atoms with Crippen LogP contribution in [0.15, 0.2) is 48.5 Å². The Kier molecular flexibility index (Phi) is 6.01. The van der Waals surface area contributed by atoms with Gasteiger partial charge >= 0.3 is 5.97 Å². The zero-order chi connectivity index (χ0) is 19.3. The summed E-state index contributed by atoms with van der Waals surface area (Å²) in [6.07, 6.45) is 2.58. The predicted octanol–water partition coefficient (Wildman–Crippen LogP) is 4.40. The molecule has 144 valence electrons. The van der Waals surface area contributed by atoms with Gasteiger partial charge in [-0.25, -0.2) is 4.79 Å². The molecule has 27 heavy (non-hydrogen) atoms. The number of carbonyl (C=O) groups is 1. The Bertz CT molecular complexity index is 753. The Hall–Kier alpha value is -2.53. The lowest BCUT2D eigenvalue weighted by molar-refractivity contribution is -0.150. The number of esters is 1. The third-order valence-corrected chi connectivity index (χ3v) is 4.84. The van der Waals surface area contributed by atoms with Crippen LogP contribution in [0.2, 0.25) is 0 Å². The zero-order valence-corrected chi connectivity index (χ0v) is 16.1. The van der Waals surface area contributed by atoms with Crippen LogP contribution in [0.25, 0.3) is 0 Å². The molecule has 5 heteroatoms. The van der Waals surface area contributed by atoms with Crippen LogP contribution in [0, 0.1) is 0 Å². The summed E-state index contributed by atoms with van der Waals surface area (Å²) in [7, 11) is 3.23. The zero-order valence-electron chi connectivity index (χ0n) is 16.1. The molecule has 2 aromatic carbocycles. The number of unbranched alkanes of at least 4 members (excludes halogenated alkanes) is 2. The fourth-order valence-corrected chi connectivity index (χ4v) is 3.19. The lowest BCUT2D eigenvalue weighted by atomic mass is 9.91. The molecule has 2 aromatic rings. The normalized spacial score (nSPS) is 20.8. The van der Waals surface area contributed by atoms with Gasteiger partial charge in [-0.2, -0.15) is 0 Å². The van der Waals surface area contributed by atoms with E-state index in [0.717, 1.165) is 41.9 Å². The van der Waals surface area contributed by atoms with Crippen molar-refractivity contribution in [3.05, 3.63) is 59.7 Å². The van der Waals surface area contributed by atoms with E-state index in [4.69, 9.17) is 18.9 Å². The first-order valence-electron chi connectivity index (χ1n) is 9.29. The quantitative estimate of drug-likeness (QED) is 0.372. The van der Waals surface area contributed by atoms with Crippen molar-refractivity contribution in [1.29, 1.82) is 0 Å². The molecule has 0 saturated carbocycles. The second kappa shape index (κ2) is 8.44. The fraction of sp³-hybridized carbons (Fsp3) is 0.409. The Morgan fingerprint density at radius 1 is 0.963 bits per heavy atom. The van der Waals surface area contributed by atoms with Crippen molar-refractivity contribution in [2.75, 3.05) is 20.8 Å². The first kappa shape index (κ1) is 19.2. The van der Waals surface area contributed by atoms with Crippen molar-refractivity contribution in [3.8, 4) is 11.5 Å². The molecule has 1 saturated heterocycles. The van der Waals surface area contributed by atoms with Crippen LogP contribution in [-0.4, -0.2) is 26.8 Å². The van der Waals surface area contributed by atoms with Crippen molar-refractivity contribution in [3.63, 3.8) is 0 Å². The summed E-state index contributed by atoms with van der Waals surface area (Å²) in [6.45, 7) is 2.52. The Labute approximate surface area is 160 Å². The highest BCUT2D eigenvalue weighted by molar-refractivity contribution is 5.85. The number of ether oxygens (including phenoxy) is 4. The second-order valence-electron chi connectivity index (χ2n) is 6.58. The van der Waals surface area contributed by atoms with Crippen LogP contribution < -0.4 is 9.47 Å². The van der Waals surface area contributed by atoms with Crippen molar-refractivity contribution in [2.45, 2.75) is 37.9 Å². The van der Waals surface area contributed by atoms with Gasteiger partial charge in [0.2, 0.25) is 5.60 Å². The van der Waals surface area contributed by atoms with Crippen molar-refractivity contribution in [2.24, 2.45) is 0 Å². The topological polar surface area (TPSA) is 57.3 Å². The lowest BCUT2D eigenvalue weighted by Crippen LogP contribution is -2.26. The van der Waals surface area contributed by atoms with E-state index >= 15 is 0 Å². The van der Waals surface area contributed by atoms with Gasteiger partial charge in [-0.3, -0.25) is 0 Å². The predicted molar refractivity (Wildman–Crippen MR) is 102 cm³/mol. The maximum atomic E-state index is 12.9. The van der Waals surface area contributed by atoms with Gasteiger partial charge in [-0.05, 0) is 41.8 Å². The summed E-state index contributed by atoms with van der Waals surface area (Å²) in [4.78, 5) is 12.9. The van der Waals surface area contributed by atoms with Crippen LogP contribution in [-0.2, 0) is 19.9 Å². The van der Waals surface area contributed by atoms with Gasteiger partial charge in [0, 0.05) is 0 Å². The minimum Gasteiger partial charge on any atom is -0.497 e. The largest absolute Gasteiger partial charge is 0.497 e. The summed E-state index contributed by atoms with van der Waals surface area (Å²) in [5, 5.41) is 0. The van der Waals surface area contributed by atoms with Crippen LogP contribution in [0.4, 0.5) is 0 Å². The van der Waals surface area contributed by atoms with Crippen LogP contribution >= 0.6 is 0 Å². The van der Waals surface area contributed by atoms with Gasteiger partial charge < -0.3 is 18.9 Å². The minimum absolute atomic E-state index is 0.343. The third kappa shape index (κ3) is 3.93. The van der Waals surface area contributed by atoms with Gasteiger partial charge in [0.1, 0.15) is 17.6 Å². The van der Waals surface area contributed by atoms with Gasteiger partial charge in [-0.1, -0.05) is 44.0 Å². The Morgan fingerprint density at radius 2 is 1.56 bits per heavy atom. The van der Waals surface area contributed by atoms with E-state index in [1.807, 2.05) is 48.5 Å². The molecule has 2 atom stereocenters. The molecule has 1 heterocycles. The van der Waals surface area contributed by atoms with Gasteiger partial charge in [-0.15, -0.1) is 0 Å². The average molecular weight is 370 g/mol. The number of hydrogen-bond acceptors (Lipinski definition) is 5. The first-order chi connectivity index (χ1) is 13.2. The molecule has 5 nitrogen and oxygen atoms in total. The molecule has 3 rings (SSSR count). The van der Waals surface area contributed by atoms with E-state index < -0.39 is 5.60 Å². The summed E-state index contributed by atoms with van der Waals surface area (Å²) in [5.74, 6) is 1.15. The van der Waals surface area contributed by atoms with Crippen LogP contribution in [0.5, 0.6) is 11.5 Å². The van der Waals surface area contributed by atoms with E-state index in [-0.39, 0.29) is 12.1 Å². The molecular weight excluding hydrogens is 344 g/mol. The van der Waals surface area contributed by atoms with Crippen molar-refractivity contribution in [1.82, 2.24) is 0 Å². The molecule has 0 spiro atoms. The summed E-state index contributed by atoms with van der Waals surface area (Å²) < 4.78 is 22.0. The number of epoxide rings is 1. The molecule has 2 unspecified atom stereocenters. The second-order valence-corrected chi connectivity index (χ2v) is 6.58. The Morgan fingerprint density at radius 3 is 2.11 bits per heavy atom. The molecule has 0 aromatic heterocycles. The van der Waals surface area contributed by atoms with Crippen LogP contribution in [0.1, 0.15) is 43.4 Å². The smallest absolute Gasteiger partial charge is 0.346 e. The SMILES string of the molecule is CCCCCOC(=O)C1(c2ccc(OC)cc2)OC1c1ccc(OC)cc1. The molecule has 0 N–H and O–H groups in total. The molecular formula is C22H26O5. The van der Waals surface area contributed by atoms with E-state index in [1.54, 1.807) is 14.2 Å². The summed E-state index contributed by atoms with van der Waals surface area (Å²) in [5.41, 5.74) is 0.578. The summed E-state index contributed by atoms with van der Waals surface area (Å²) in [6, 6.07) is 14.9. The van der Waals surface area contributed by atoms with Gasteiger partial charge in [0.15, 0.2) is 0 Å². The standard InChI is InChI=1S/C22H26O5/c1-4-5-6-15-26-21(23)22(17-9-13-19(25-3)14-10-17)20(27-22)16-7-11-18(24-2)12-8-16/h7-14,20H,4-6,15H2,1-3H3. The monoisotopic (exact) mass is 370 g/mol. The van der Waals surface area contributed by atoms with E-state index in [2.05, 4.69) is 6.92 Å². The fourth-order valence-electron chi connectivity index (χ4n) is 3.19. The molecule has 0 bridgehead atoms. The number of hydrogen-bond donors (Lipinski definition) is 0. The lowest BCUT2D eigenvalue weighted by Gasteiger charge is -2.14. The van der Waals surface area contributed by atoms with E-state index in [9.17, 15) is 4.79 Å². The molecule has 0 radical (unpaired) electrons. The van der Waals surface area contributed by atoms with Crippen molar-refractivity contribution >= 4 is 5.97 Å². The van der Waals surface area contributed by atoms with Crippen LogP contribution in [0.3, 0.4) is 0 Å². The highest BCUT2D eigenvalue weighted by Gasteiger charge is 2.65. The first-order valence-corrected chi connectivity index (χ1v) is 9.29. The average Bonchev–Trinajstić information content (AvgIpc) is 3.48. The molecule has 1 aliphatic rings. The number of benzene rings is 2. The molecule has 0 aliphatic carbocycles. The number of rotatable bonds is 9. The van der Waals surface area contributed by atoms with E-state index in [0.29, 0.717) is 6.61 Å². The minimum atomic E-state index is -1.10. The number of methoxy groups -OCH3 is 2. The maximum Gasteiger partial charge on any atom is 0.346 e. The number of carbonyl (C=O) groups excluding carboxylic acids is 1. The highest BCUT2D eigenvalue weighted by Crippen LogP contribution is 2.58. The summed E-state index contributed by atoms with van der Waals surface area (Å²) >= 11 is 0. The molecule has 0 amide bonds. The van der Waals surface area contributed by atoms with E-state index in [1.165, 1.54) is 0 Å². The highest BCUT2D eigenvalue weighted by atomic mass is 16.7. The van der Waals surface area contributed by atoms with Gasteiger partial charge in [0.25, 0.3) is 0 Å². The molecule has 1 fully saturated rings. The van der Waals surface area contributed by atoms with Crippen molar-refractivity contribution < 1.29 is 23.7 Å². The van der Waals surface area contributed by atoms with Gasteiger partial charge in [0.05, 0.1) is 20.8 Å². The Balaban J connectivity index is 1.84. The maximum absolute atomic E-state index is 12.9. The third-order valence-electron chi connectivity index (χ3n) is 4.84.